The highest BCUT2D eigenvalue weighted by Crippen LogP contribution is 2.19. The molecule has 1 fully saturated rings. The van der Waals surface area contributed by atoms with Gasteiger partial charge in [-0.15, -0.1) is 0 Å². The third kappa shape index (κ3) is 3.46. The van der Waals surface area contributed by atoms with Crippen molar-refractivity contribution in [2.45, 2.75) is 26.2 Å². The molecule has 134 valence electrons. The summed E-state index contributed by atoms with van der Waals surface area (Å²) in [4.78, 5) is 16.8. The van der Waals surface area contributed by atoms with Crippen LogP contribution in [0.3, 0.4) is 0 Å². The maximum absolute atomic E-state index is 12.7. The van der Waals surface area contributed by atoms with Crippen molar-refractivity contribution in [2.75, 3.05) is 32.8 Å². The predicted octanol–water partition coefficient (Wildman–Crippen LogP) is 0.457. The lowest BCUT2D eigenvalue weighted by Crippen LogP contribution is -2.38. The van der Waals surface area contributed by atoms with Gasteiger partial charge in [0.25, 0.3) is 5.91 Å². The van der Waals surface area contributed by atoms with Crippen molar-refractivity contribution < 1.29 is 19.1 Å². The van der Waals surface area contributed by atoms with Crippen molar-refractivity contribution in [3.8, 4) is 0 Å². The van der Waals surface area contributed by atoms with Crippen LogP contribution in [0.15, 0.2) is 22.8 Å². The van der Waals surface area contributed by atoms with Crippen LogP contribution in [-0.2, 0) is 31.0 Å². The Bertz CT molecular complexity index is 748. The number of aromatic nitrogens is 2. The summed E-state index contributed by atoms with van der Waals surface area (Å²) in [6.45, 7) is 5.59. The van der Waals surface area contributed by atoms with E-state index in [-0.39, 0.29) is 12.5 Å². The minimum atomic E-state index is -0.0828. The molecule has 0 unspecified atom stereocenters. The first-order valence-corrected chi connectivity index (χ1v) is 8.56. The van der Waals surface area contributed by atoms with Gasteiger partial charge >= 0.3 is 0 Å². The van der Waals surface area contributed by atoms with E-state index in [1.165, 1.54) is 0 Å². The number of rotatable bonds is 4. The number of aliphatic hydroxyl groups is 1. The fourth-order valence-corrected chi connectivity index (χ4v) is 3.31. The Labute approximate surface area is 145 Å². The number of nitrogens with zero attached hydrogens (tertiary/aromatic N) is 4. The SMILES string of the molecule is O=C(c1coc(CN2CCOCC2)c1)N1CCn2nc(CO)cc2C1. The molecule has 2 aliphatic rings. The molecule has 0 saturated carbocycles. The molecule has 4 rings (SSSR count). The number of hydrogen-bond donors (Lipinski definition) is 1. The van der Waals surface area contributed by atoms with Crippen molar-refractivity contribution in [3.63, 3.8) is 0 Å². The molecule has 1 N–H and O–H groups in total. The van der Waals surface area contributed by atoms with Crippen LogP contribution in [0, 0.1) is 0 Å². The topological polar surface area (TPSA) is 84.0 Å². The number of aliphatic hydroxyl groups excluding tert-OH is 1. The van der Waals surface area contributed by atoms with Crippen LogP contribution >= 0.6 is 0 Å². The first-order chi connectivity index (χ1) is 12.2. The monoisotopic (exact) mass is 346 g/mol. The minimum absolute atomic E-state index is 0.0324. The number of furan rings is 1. The number of amides is 1. The fraction of sp³-hybridized carbons (Fsp3) is 0.529. The standard InChI is InChI=1S/C17H22N4O4/c22-11-14-8-15-9-20(1-2-21(15)18-14)17(23)13-7-16(25-12-13)10-19-3-5-24-6-4-19/h7-8,12,22H,1-6,9-11H2. The van der Waals surface area contributed by atoms with Crippen molar-refractivity contribution >= 4 is 5.91 Å². The van der Waals surface area contributed by atoms with E-state index in [1.54, 1.807) is 11.2 Å². The molecule has 0 bridgehead atoms. The summed E-state index contributed by atoms with van der Waals surface area (Å²) in [6, 6.07) is 3.68. The van der Waals surface area contributed by atoms with E-state index < -0.39 is 0 Å². The molecule has 2 aromatic heterocycles. The molecule has 2 aliphatic heterocycles. The normalized spacial score (nSPS) is 18.4. The van der Waals surface area contributed by atoms with Gasteiger partial charge < -0.3 is 19.2 Å². The van der Waals surface area contributed by atoms with Crippen molar-refractivity contribution in [3.05, 3.63) is 41.1 Å². The van der Waals surface area contributed by atoms with Crippen LogP contribution in [0.2, 0.25) is 0 Å². The molecular formula is C17H22N4O4. The summed E-state index contributed by atoms with van der Waals surface area (Å²) >= 11 is 0. The van der Waals surface area contributed by atoms with Gasteiger partial charge in [-0.05, 0) is 12.1 Å². The van der Waals surface area contributed by atoms with Gasteiger partial charge in [0.05, 0.1) is 56.4 Å². The summed E-state index contributed by atoms with van der Waals surface area (Å²) in [5, 5.41) is 13.5. The third-order valence-electron chi connectivity index (χ3n) is 4.68. The Hall–Kier alpha value is -2.16. The van der Waals surface area contributed by atoms with E-state index in [2.05, 4.69) is 10.00 Å². The Kier molecular flexibility index (Phi) is 4.56. The van der Waals surface area contributed by atoms with E-state index in [1.807, 2.05) is 16.8 Å². The Morgan fingerprint density at radius 1 is 1.20 bits per heavy atom. The molecular weight excluding hydrogens is 324 g/mol. The predicted molar refractivity (Wildman–Crippen MR) is 87.7 cm³/mol. The van der Waals surface area contributed by atoms with Crippen LogP contribution in [0.1, 0.15) is 27.5 Å². The van der Waals surface area contributed by atoms with Crippen LogP contribution in [0.5, 0.6) is 0 Å². The van der Waals surface area contributed by atoms with Crippen molar-refractivity contribution in [2.24, 2.45) is 0 Å². The molecule has 4 heterocycles. The lowest BCUT2D eigenvalue weighted by atomic mass is 10.2. The number of carbonyl (C=O) groups excluding carboxylic acids is 1. The molecule has 0 spiro atoms. The number of carbonyl (C=O) groups is 1. The van der Waals surface area contributed by atoms with Gasteiger partial charge in [-0.3, -0.25) is 14.4 Å². The molecule has 8 heteroatoms. The number of morpholine rings is 1. The second-order valence-electron chi connectivity index (χ2n) is 6.43. The smallest absolute Gasteiger partial charge is 0.257 e. The Balaban J connectivity index is 1.41. The van der Waals surface area contributed by atoms with Crippen LogP contribution in [0.4, 0.5) is 0 Å². The molecule has 25 heavy (non-hydrogen) atoms. The molecule has 0 aromatic carbocycles. The number of hydrogen-bond acceptors (Lipinski definition) is 6. The average molecular weight is 346 g/mol. The third-order valence-corrected chi connectivity index (χ3v) is 4.68. The van der Waals surface area contributed by atoms with Crippen LogP contribution < -0.4 is 0 Å². The second-order valence-corrected chi connectivity index (χ2v) is 6.43. The maximum Gasteiger partial charge on any atom is 0.257 e. The highest BCUT2D eigenvalue weighted by Gasteiger charge is 2.24. The van der Waals surface area contributed by atoms with Gasteiger partial charge in [0.15, 0.2) is 0 Å². The fourth-order valence-electron chi connectivity index (χ4n) is 3.31. The summed E-state index contributed by atoms with van der Waals surface area (Å²) in [6.07, 6.45) is 1.54. The zero-order valence-electron chi connectivity index (χ0n) is 14.1. The molecule has 0 atom stereocenters. The molecule has 0 radical (unpaired) electrons. The summed E-state index contributed by atoms with van der Waals surface area (Å²) in [7, 11) is 0. The Morgan fingerprint density at radius 3 is 2.84 bits per heavy atom. The first-order valence-electron chi connectivity index (χ1n) is 8.56. The van der Waals surface area contributed by atoms with Crippen LogP contribution in [0.25, 0.3) is 0 Å². The zero-order valence-corrected chi connectivity index (χ0v) is 14.1. The maximum atomic E-state index is 12.7. The molecule has 1 saturated heterocycles. The minimum Gasteiger partial charge on any atom is -0.467 e. The van der Waals surface area contributed by atoms with Gasteiger partial charge in [-0.1, -0.05) is 0 Å². The molecule has 0 aliphatic carbocycles. The van der Waals surface area contributed by atoms with E-state index in [0.717, 1.165) is 37.8 Å². The van der Waals surface area contributed by atoms with E-state index in [0.29, 0.717) is 37.4 Å². The zero-order chi connectivity index (χ0) is 17.2. The highest BCUT2D eigenvalue weighted by atomic mass is 16.5. The summed E-state index contributed by atoms with van der Waals surface area (Å²) in [5.74, 6) is 0.768. The molecule has 8 nitrogen and oxygen atoms in total. The molecule has 2 aromatic rings. The number of fused-ring (bicyclic) bond motifs is 1. The summed E-state index contributed by atoms with van der Waals surface area (Å²) < 4.78 is 12.8. The summed E-state index contributed by atoms with van der Waals surface area (Å²) in [5.41, 5.74) is 2.17. The average Bonchev–Trinajstić information content (AvgIpc) is 3.27. The lowest BCUT2D eigenvalue weighted by Gasteiger charge is -2.27. The van der Waals surface area contributed by atoms with Crippen LogP contribution in [-0.4, -0.2) is 63.4 Å². The largest absolute Gasteiger partial charge is 0.467 e. The van der Waals surface area contributed by atoms with E-state index in [9.17, 15) is 9.90 Å². The first kappa shape index (κ1) is 16.3. The van der Waals surface area contributed by atoms with E-state index in [4.69, 9.17) is 9.15 Å². The second kappa shape index (κ2) is 6.99. The lowest BCUT2D eigenvalue weighted by molar-refractivity contribution is 0.0313. The van der Waals surface area contributed by atoms with Crippen molar-refractivity contribution in [1.82, 2.24) is 19.6 Å². The quantitative estimate of drug-likeness (QED) is 0.866. The highest BCUT2D eigenvalue weighted by molar-refractivity contribution is 5.94. The van der Waals surface area contributed by atoms with E-state index >= 15 is 0 Å². The van der Waals surface area contributed by atoms with Gasteiger partial charge in [-0.25, -0.2) is 0 Å². The van der Waals surface area contributed by atoms with Gasteiger partial charge in [0.2, 0.25) is 0 Å². The van der Waals surface area contributed by atoms with Crippen molar-refractivity contribution in [1.29, 1.82) is 0 Å². The molecule has 1 amide bonds. The number of ether oxygens (including phenoxy) is 1. The van der Waals surface area contributed by atoms with Gasteiger partial charge in [0.1, 0.15) is 12.0 Å². The van der Waals surface area contributed by atoms with Gasteiger partial charge in [0, 0.05) is 19.6 Å². The van der Waals surface area contributed by atoms with Gasteiger partial charge in [-0.2, -0.15) is 5.10 Å². The Morgan fingerprint density at radius 2 is 2.04 bits per heavy atom.